The lowest BCUT2D eigenvalue weighted by Crippen LogP contribution is -1.96. The molecule has 0 aromatic rings. The Hall–Kier alpha value is -0.790. The monoisotopic (exact) mass is 140 g/mol. The topological polar surface area (TPSA) is 26.3 Å². The minimum absolute atomic E-state index is 0.399. The van der Waals surface area contributed by atoms with Gasteiger partial charge in [0.05, 0.1) is 0 Å². The summed E-state index contributed by atoms with van der Waals surface area (Å²) in [5.41, 5.74) is 0. The van der Waals surface area contributed by atoms with E-state index in [-0.39, 0.29) is 0 Å². The Balaban J connectivity index is 3.03. The molecule has 0 bridgehead atoms. The van der Waals surface area contributed by atoms with E-state index in [1.54, 1.807) is 0 Å². The van der Waals surface area contributed by atoms with Crippen molar-refractivity contribution >= 4 is 5.97 Å². The van der Waals surface area contributed by atoms with Crippen LogP contribution < -0.4 is 0 Å². The lowest BCUT2D eigenvalue weighted by Gasteiger charge is -1.97. The van der Waals surface area contributed by atoms with Crippen LogP contribution in [0, 0.1) is 13.5 Å². The van der Waals surface area contributed by atoms with E-state index < -0.39 is 5.97 Å². The van der Waals surface area contributed by atoms with Crippen LogP contribution in [0.25, 0.3) is 0 Å². The van der Waals surface area contributed by atoms with E-state index in [4.69, 9.17) is 0 Å². The fourth-order valence-corrected chi connectivity index (χ4v) is 0.417. The smallest absolute Gasteiger partial charge is 0.330 e. The SMILES string of the molecule is [CH2]CCC[CH]OC(=O)C=C. The molecule has 0 saturated carbocycles. The number of carbonyl (C=O) groups is 1. The highest BCUT2D eigenvalue weighted by atomic mass is 16.5. The summed E-state index contributed by atoms with van der Waals surface area (Å²) < 4.78 is 4.58. The molecule has 0 N–H and O–H groups in total. The molecular formula is C8H12O2. The molecule has 0 fully saturated rings. The molecule has 0 heterocycles. The number of hydrogen-bond donors (Lipinski definition) is 0. The van der Waals surface area contributed by atoms with Crippen molar-refractivity contribution in [2.45, 2.75) is 19.3 Å². The second-order valence-electron chi connectivity index (χ2n) is 1.80. The molecule has 0 aliphatic carbocycles. The summed E-state index contributed by atoms with van der Waals surface area (Å²) in [5.74, 6) is -0.399. The molecule has 0 aromatic carbocycles. The molecule has 0 amide bonds. The van der Waals surface area contributed by atoms with E-state index in [2.05, 4.69) is 18.2 Å². The summed E-state index contributed by atoms with van der Waals surface area (Å²) in [5, 5.41) is 0. The van der Waals surface area contributed by atoms with Crippen LogP contribution in [0.3, 0.4) is 0 Å². The van der Waals surface area contributed by atoms with Crippen LogP contribution in [0.5, 0.6) is 0 Å². The first-order valence-corrected chi connectivity index (χ1v) is 3.25. The number of esters is 1. The molecule has 2 nitrogen and oxygen atoms in total. The second kappa shape index (κ2) is 6.33. The van der Waals surface area contributed by atoms with Crippen molar-refractivity contribution in [3.63, 3.8) is 0 Å². The first kappa shape index (κ1) is 9.21. The highest BCUT2D eigenvalue weighted by Gasteiger charge is 1.93. The summed E-state index contributed by atoms with van der Waals surface area (Å²) >= 11 is 0. The molecule has 2 heteroatoms. The quantitative estimate of drug-likeness (QED) is 0.331. The zero-order chi connectivity index (χ0) is 7.82. The maximum Gasteiger partial charge on any atom is 0.330 e. The van der Waals surface area contributed by atoms with Gasteiger partial charge in [-0.15, -0.1) is 0 Å². The van der Waals surface area contributed by atoms with E-state index in [1.807, 2.05) is 0 Å². The summed E-state index contributed by atoms with van der Waals surface area (Å²) in [6, 6.07) is 0. The standard InChI is InChI=1S/C8H12O2/c1-3-5-6-7-10-8(9)4-2/h4,7H,1-3,5-6H2. The van der Waals surface area contributed by atoms with Gasteiger partial charge in [0, 0.05) is 6.08 Å². The fourth-order valence-electron chi connectivity index (χ4n) is 0.417. The molecule has 0 rings (SSSR count). The van der Waals surface area contributed by atoms with Gasteiger partial charge in [-0.2, -0.15) is 0 Å². The Labute approximate surface area is 61.9 Å². The lowest BCUT2D eigenvalue weighted by atomic mass is 10.3. The largest absolute Gasteiger partial charge is 0.455 e. The normalized spacial score (nSPS) is 8.90. The molecule has 0 unspecified atom stereocenters. The predicted molar refractivity (Wildman–Crippen MR) is 39.8 cm³/mol. The van der Waals surface area contributed by atoms with Gasteiger partial charge in [-0.1, -0.05) is 19.9 Å². The van der Waals surface area contributed by atoms with E-state index in [0.29, 0.717) is 0 Å². The van der Waals surface area contributed by atoms with Gasteiger partial charge in [0.15, 0.2) is 0 Å². The van der Waals surface area contributed by atoms with Crippen LogP contribution in [0.2, 0.25) is 0 Å². The predicted octanol–water partition coefficient (Wildman–Crippen LogP) is 1.88. The van der Waals surface area contributed by atoms with Crippen LogP contribution in [0.1, 0.15) is 19.3 Å². The molecule has 0 aromatic heterocycles. The zero-order valence-corrected chi connectivity index (χ0v) is 6.01. The van der Waals surface area contributed by atoms with Gasteiger partial charge in [-0.05, 0) is 12.8 Å². The van der Waals surface area contributed by atoms with Crippen molar-refractivity contribution in [1.82, 2.24) is 0 Å². The first-order valence-electron chi connectivity index (χ1n) is 3.25. The molecule has 0 aliphatic rings. The van der Waals surface area contributed by atoms with E-state index in [9.17, 15) is 4.79 Å². The van der Waals surface area contributed by atoms with Crippen molar-refractivity contribution in [2.75, 3.05) is 0 Å². The summed E-state index contributed by atoms with van der Waals surface area (Å²) in [7, 11) is 0. The van der Waals surface area contributed by atoms with Crippen LogP contribution >= 0.6 is 0 Å². The number of unbranched alkanes of at least 4 members (excludes halogenated alkanes) is 2. The van der Waals surface area contributed by atoms with Gasteiger partial charge in [0.1, 0.15) is 6.61 Å². The van der Waals surface area contributed by atoms with Crippen molar-refractivity contribution in [1.29, 1.82) is 0 Å². The molecule has 2 radical (unpaired) electrons. The number of ether oxygens (including phenoxy) is 1. The molecular weight excluding hydrogens is 128 g/mol. The minimum Gasteiger partial charge on any atom is -0.455 e. The lowest BCUT2D eigenvalue weighted by molar-refractivity contribution is -0.134. The fraction of sp³-hybridized carbons (Fsp3) is 0.375. The van der Waals surface area contributed by atoms with E-state index >= 15 is 0 Å². The molecule has 0 atom stereocenters. The Bertz CT molecular complexity index is 108. The number of rotatable bonds is 5. The van der Waals surface area contributed by atoms with Crippen LogP contribution in [-0.4, -0.2) is 5.97 Å². The molecule has 0 spiro atoms. The van der Waals surface area contributed by atoms with E-state index in [0.717, 1.165) is 25.3 Å². The summed E-state index contributed by atoms with van der Waals surface area (Å²) in [6.45, 7) is 8.38. The van der Waals surface area contributed by atoms with Gasteiger partial charge in [-0.25, -0.2) is 4.79 Å². The van der Waals surface area contributed by atoms with Crippen molar-refractivity contribution in [2.24, 2.45) is 0 Å². The number of carbonyl (C=O) groups excluding carboxylic acids is 1. The highest BCUT2D eigenvalue weighted by Crippen LogP contribution is 1.98. The van der Waals surface area contributed by atoms with Crippen LogP contribution in [0.15, 0.2) is 12.7 Å². The van der Waals surface area contributed by atoms with Crippen molar-refractivity contribution < 1.29 is 9.53 Å². The third-order valence-corrected chi connectivity index (χ3v) is 0.938. The van der Waals surface area contributed by atoms with Gasteiger partial charge in [0.2, 0.25) is 0 Å². The third-order valence-electron chi connectivity index (χ3n) is 0.938. The minimum atomic E-state index is -0.399. The Morgan fingerprint density at radius 2 is 2.30 bits per heavy atom. The molecule has 0 aliphatic heterocycles. The van der Waals surface area contributed by atoms with E-state index in [1.165, 1.54) is 6.61 Å². The summed E-state index contributed by atoms with van der Waals surface area (Å²) in [4.78, 5) is 10.4. The number of hydrogen-bond acceptors (Lipinski definition) is 2. The average Bonchev–Trinajstić information content (AvgIpc) is 1.98. The Morgan fingerprint density at radius 3 is 2.80 bits per heavy atom. The molecule has 0 saturated heterocycles. The molecule has 10 heavy (non-hydrogen) atoms. The average molecular weight is 140 g/mol. The van der Waals surface area contributed by atoms with Crippen LogP contribution in [-0.2, 0) is 9.53 Å². The van der Waals surface area contributed by atoms with Crippen LogP contribution in [0.4, 0.5) is 0 Å². The van der Waals surface area contributed by atoms with Crippen molar-refractivity contribution in [3.05, 3.63) is 26.2 Å². The molecule has 56 valence electrons. The summed E-state index contributed by atoms with van der Waals surface area (Å²) in [6.07, 6.45) is 3.72. The van der Waals surface area contributed by atoms with Gasteiger partial charge >= 0.3 is 5.97 Å². The highest BCUT2D eigenvalue weighted by molar-refractivity contribution is 5.81. The van der Waals surface area contributed by atoms with Gasteiger partial charge < -0.3 is 4.74 Å². The van der Waals surface area contributed by atoms with Gasteiger partial charge in [-0.3, -0.25) is 0 Å². The zero-order valence-electron chi connectivity index (χ0n) is 6.01. The van der Waals surface area contributed by atoms with Crippen molar-refractivity contribution in [3.8, 4) is 0 Å². The maximum absolute atomic E-state index is 10.4. The second-order valence-corrected chi connectivity index (χ2v) is 1.80. The Kier molecular flexibility index (Phi) is 5.83. The Morgan fingerprint density at radius 1 is 1.60 bits per heavy atom. The van der Waals surface area contributed by atoms with Gasteiger partial charge in [0.25, 0.3) is 0 Å². The maximum atomic E-state index is 10.4. The third kappa shape index (κ3) is 5.35. The first-order chi connectivity index (χ1) is 4.81.